The number of carbonyl (C=O) groups is 1. The minimum Gasteiger partial charge on any atom is -0.481 e. The van der Waals surface area contributed by atoms with Gasteiger partial charge in [0.15, 0.2) is 0 Å². The fourth-order valence-electron chi connectivity index (χ4n) is 3.18. The molecule has 4 heteroatoms. The summed E-state index contributed by atoms with van der Waals surface area (Å²) in [5.41, 5.74) is 2.49. The molecule has 0 radical (unpaired) electrons. The van der Waals surface area contributed by atoms with E-state index in [2.05, 4.69) is 34.9 Å². The van der Waals surface area contributed by atoms with Gasteiger partial charge in [-0.15, -0.1) is 0 Å². The van der Waals surface area contributed by atoms with E-state index in [0.717, 1.165) is 32.1 Å². The molecule has 1 heterocycles. The zero-order valence-electron chi connectivity index (χ0n) is 11.7. The van der Waals surface area contributed by atoms with E-state index < -0.39 is 5.97 Å². The summed E-state index contributed by atoms with van der Waals surface area (Å²) >= 11 is 0. The van der Waals surface area contributed by atoms with Gasteiger partial charge in [-0.1, -0.05) is 13.0 Å². The minimum absolute atomic E-state index is 0.167. The van der Waals surface area contributed by atoms with E-state index in [4.69, 9.17) is 5.11 Å². The van der Waals surface area contributed by atoms with Crippen LogP contribution in [0.15, 0.2) is 24.4 Å². The summed E-state index contributed by atoms with van der Waals surface area (Å²) in [5.74, 6) is -0.818. The van der Waals surface area contributed by atoms with Gasteiger partial charge in [-0.25, -0.2) is 0 Å². The summed E-state index contributed by atoms with van der Waals surface area (Å²) in [4.78, 5) is 11.0. The van der Waals surface area contributed by atoms with Crippen molar-refractivity contribution in [1.82, 2.24) is 9.78 Å². The average molecular weight is 272 g/mol. The van der Waals surface area contributed by atoms with Crippen LogP contribution >= 0.6 is 0 Å². The largest absolute Gasteiger partial charge is 0.481 e. The molecular weight excluding hydrogens is 252 g/mol. The molecular formula is C16H20N2O2. The van der Waals surface area contributed by atoms with Gasteiger partial charge in [-0.2, -0.15) is 5.10 Å². The first kappa shape index (κ1) is 13.2. The van der Waals surface area contributed by atoms with E-state index >= 15 is 0 Å². The van der Waals surface area contributed by atoms with Crippen molar-refractivity contribution < 1.29 is 9.90 Å². The van der Waals surface area contributed by atoms with Crippen LogP contribution in [0.2, 0.25) is 0 Å². The minimum atomic E-state index is -0.652. The van der Waals surface area contributed by atoms with Crippen molar-refractivity contribution >= 4 is 16.9 Å². The third-order valence-corrected chi connectivity index (χ3v) is 4.46. The molecule has 0 atom stereocenters. The standard InChI is InChI=1S/C16H20N2O2/c1-2-11-3-8-15-13(9-11)10-17-18(15)14-6-4-12(5-7-14)16(19)20/h3,8-10,12,14H,2,4-7H2,1H3,(H,19,20)/t12-,14+. The molecule has 106 valence electrons. The molecule has 1 aromatic carbocycles. The SMILES string of the molecule is CCc1ccc2c(cnn2[C@H]2CC[C@@H](C(=O)O)CC2)c1. The molecule has 0 bridgehead atoms. The molecule has 1 aliphatic carbocycles. The predicted octanol–water partition coefficient (Wildman–Crippen LogP) is 3.41. The maximum absolute atomic E-state index is 11.0. The number of aryl methyl sites for hydroxylation is 1. The van der Waals surface area contributed by atoms with Crippen molar-refractivity contribution in [3.8, 4) is 0 Å². The first-order valence-electron chi connectivity index (χ1n) is 7.38. The summed E-state index contributed by atoms with van der Waals surface area (Å²) in [7, 11) is 0. The lowest BCUT2D eigenvalue weighted by molar-refractivity contribution is -0.143. The Hall–Kier alpha value is -1.84. The summed E-state index contributed by atoms with van der Waals surface area (Å²) < 4.78 is 2.09. The molecule has 2 aromatic rings. The second kappa shape index (κ2) is 5.27. The van der Waals surface area contributed by atoms with Crippen LogP contribution in [0, 0.1) is 5.92 Å². The monoisotopic (exact) mass is 272 g/mol. The maximum atomic E-state index is 11.0. The van der Waals surface area contributed by atoms with E-state index in [1.807, 2.05) is 6.20 Å². The molecule has 0 unspecified atom stereocenters. The van der Waals surface area contributed by atoms with Crippen molar-refractivity contribution in [2.75, 3.05) is 0 Å². The lowest BCUT2D eigenvalue weighted by Crippen LogP contribution is -2.23. The number of carboxylic acid groups (broad SMARTS) is 1. The van der Waals surface area contributed by atoms with Crippen molar-refractivity contribution in [2.24, 2.45) is 5.92 Å². The molecule has 4 nitrogen and oxygen atoms in total. The molecule has 0 spiro atoms. The van der Waals surface area contributed by atoms with Gasteiger partial charge in [0.05, 0.1) is 23.7 Å². The molecule has 1 aromatic heterocycles. The molecule has 0 amide bonds. The van der Waals surface area contributed by atoms with Gasteiger partial charge in [-0.05, 0) is 49.8 Å². The third-order valence-electron chi connectivity index (χ3n) is 4.46. The number of nitrogens with zero attached hydrogens (tertiary/aromatic N) is 2. The van der Waals surface area contributed by atoms with Crippen LogP contribution in [0.5, 0.6) is 0 Å². The van der Waals surface area contributed by atoms with Crippen molar-refractivity contribution in [3.63, 3.8) is 0 Å². The summed E-state index contributed by atoms with van der Waals surface area (Å²) in [6.07, 6.45) is 6.29. The molecule has 1 N–H and O–H groups in total. The topological polar surface area (TPSA) is 55.1 Å². The van der Waals surface area contributed by atoms with E-state index in [0.29, 0.717) is 6.04 Å². The molecule has 1 aliphatic rings. The molecule has 1 fully saturated rings. The fourth-order valence-corrected chi connectivity index (χ4v) is 3.18. The zero-order valence-corrected chi connectivity index (χ0v) is 11.7. The first-order valence-corrected chi connectivity index (χ1v) is 7.38. The zero-order chi connectivity index (χ0) is 14.1. The summed E-state index contributed by atoms with van der Waals surface area (Å²) in [6.45, 7) is 2.15. The summed E-state index contributed by atoms with van der Waals surface area (Å²) in [6, 6.07) is 6.84. The van der Waals surface area contributed by atoms with Gasteiger partial charge in [0, 0.05) is 5.39 Å². The molecule has 1 saturated carbocycles. The van der Waals surface area contributed by atoms with E-state index in [-0.39, 0.29) is 5.92 Å². The quantitative estimate of drug-likeness (QED) is 0.931. The van der Waals surface area contributed by atoms with Crippen LogP contribution in [0.3, 0.4) is 0 Å². The Morgan fingerprint density at radius 2 is 2.10 bits per heavy atom. The van der Waals surface area contributed by atoms with E-state index in [1.165, 1.54) is 16.5 Å². The molecule has 20 heavy (non-hydrogen) atoms. The fraction of sp³-hybridized carbons (Fsp3) is 0.500. The lowest BCUT2D eigenvalue weighted by Gasteiger charge is -2.26. The second-order valence-electron chi connectivity index (χ2n) is 5.68. The van der Waals surface area contributed by atoms with Crippen LogP contribution in [0.1, 0.15) is 44.2 Å². The number of rotatable bonds is 3. The van der Waals surface area contributed by atoms with Crippen molar-refractivity contribution in [2.45, 2.75) is 45.1 Å². The van der Waals surface area contributed by atoms with Gasteiger partial charge in [0.25, 0.3) is 0 Å². The highest BCUT2D eigenvalue weighted by molar-refractivity contribution is 5.79. The second-order valence-corrected chi connectivity index (χ2v) is 5.68. The molecule has 0 aliphatic heterocycles. The van der Waals surface area contributed by atoms with Crippen LogP contribution in [0.4, 0.5) is 0 Å². The van der Waals surface area contributed by atoms with E-state index in [1.54, 1.807) is 0 Å². The third kappa shape index (κ3) is 2.30. The van der Waals surface area contributed by atoms with Gasteiger partial charge in [0.1, 0.15) is 0 Å². The highest BCUT2D eigenvalue weighted by Crippen LogP contribution is 2.33. The van der Waals surface area contributed by atoms with E-state index in [9.17, 15) is 4.79 Å². The van der Waals surface area contributed by atoms with Crippen molar-refractivity contribution in [3.05, 3.63) is 30.0 Å². The lowest BCUT2D eigenvalue weighted by atomic mass is 9.86. The van der Waals surface area contributed by atoms with Gasteiger partial charge in [-0.3, -0.25) is 9.48 Å². The molecule has 3 rings (SSSR count). The molecule has 0 saturated heterocycles. The Labute approximate surface area is 118 Å². The van der Waals surface area contributed by atoms with Crippen LogP contribution in [-0.2, 0) is 11.2 Å². The van der Waals surface area contributed by atoms with Crippen LogP contribution < -0.4 is 0 Å². The van der Waals surface area contributed by atoms with Crippen LogP contribution in [-0.4, -0.2) is 20.9 Å². The van der Waals surface area contributed by atoms with Gasteiger partial charge >= 0.3 is 5.97 Å². The highest BCUT2D eigenvalue weighted by Gasteiger charge is 2.27. The Morgan fingerprint density at radius 3 is 2.75 bits per heavy atom. The number of fused-ring (bicyclic) bond motifs is 1. The first-order chi connectivity index (χ1) is 9.69. The number of hydrogen-bond donors (Lipinski definition) is 1. The highest BCUT2D eigenvalue weighted by atomic mass is 16.4. The van der Waals surface area contributed by atoms with Crippen molar-refractivity contribution in [1.29, 1.82) is 0 Å². The smallest absolute Gasteiger partial charge is 0.306 e. The Bertz CT molecular complexity index is 624. The normalized spacial score (nSPS) is 23.1. The average Bonchev–Trinajstić information content (AvgIpc) is 2.90. The number of hydrogen-bond acceptors (Lipinski definition) is 2. The number of benzene rings is 1. The predicted molar refractivity (Wildman–Crippen MR) is 77.7 cm³/mol. The number of carboxylic acids is 1. The number of aliphatic carboxylic acids is 1. The van der Waals surface area contributed by atoms with Crippen LogP contribution in [0.25, 0.3) is 10.9 Å². The van der Waals surface area contributed by atoms with Gasteiger partial charge < -0.3 is 5.11 Å². The Kier molecular flexibility index (Phi) is 3.47. The number of aromatic nitrogens is 2. The van der Waals surface area contributed by atoms with Gasteiger partial charge in [0.2, 0.25) is 0 Å². The maximum Gasteiger partial charge on any atom is 0.306 e. The Balaban J connectivity index is 1.83. The Morgan fingerprint density at radius 1 is 1.35 bits per heavy atom. The summed E-state index contributed by atoms with van der Waals surface area (Å²) in [5, 5.41) is 14.8.